The minimum atomic E-state index is -0.391. The van der Waals surface area contributed by atoms with Crippen molar-refractivity contribution in [1.82, 2.24) is 19.8 Å². The maximum atomic E-state index is 13.0. The molecule has 2 heterocycles. The van der Waals surface area contributed by atoms with E-state index in [0.29, 0.717) is 16.6 Å². The predicted octanol–water partition coefficient (Wildman–Crippen LogP) is 3.96. The maximum absolute atomic E-state index is 13.0. The van der Waals surface area contributed by atoms with Crippen molar-refractivity contribution in [3.05, 3.63) is 59.4 Å². The van der Waals surface area contributed by atoms with Gasteiger partial charge in [-0.2, -0.15) is 0 Å². The normalized spacial score (nSPS) is 14.9. The standard InChI is InChI=1S/C24H27ClN4O3/c1-17(26-22(30)16-32-19-11-9-18(25)10-12-19)24-27-20-7-3-4-8-21(20)29(24)15-23(31)28-13-5-2-6-14-28/h3-4,7-12,17H,2,5-6,13-16H2,1H3,(H,26,30). The van der Waals surface area contributed by atoms with Crippen molar-refractivity contribution in [3.8, 4) is 5.75 Å². The number of likely N-dealkylation sites (tertiary alicyclic amines) is 1. The highest BCUT2D eigenvalue weighted by Gasteiger charge is 2.23. The zero-order valence-electron chi connectivity index (χ0n) is 18.1. The number of piperidine rings is 1. The molecule has 1 atom stereocenters. The number of hydrogen-bond acceptors (Lipinski definition) is 4. The summed E-state index contributed by atoms with van der Waals surface area (Å²) in [7, 11) is 0. The third-order valence-corrected chi connectivity index (χ3v) is 5.89. The van der Waals surface area contributed by atoms with E-state index >= 15 is 0 Å². The van der Waals surface area contributed by atoms with E-state index in [-0.39, 0.29) is 25.0 Å². The number of nitrogens with zero attached hydrogens (tertiary/aromatic N) is 3. The Hall–Kier alpha value is -3.06. The Kier molecular flexibility index (Phi) is 6.95. The van der Waals surface area contributed by atoms with Gasteiger partial charge in [0.2, 0.25) is 5.91 Å². The van der Waals surface area contributed by atoms with E-state index in [0.717, 1.165) is 37.0 Å². The van der Waals surface area contributed by atoms with E-state index in [2.05, 4.69) is 5.32 Å². The molecule has 1 fully saturated rings. The molecule has 4 rings (SSSR count). The molecule has 1 aliphatic rings. The summed E-state index contributed by atoms with van der Waals surface area (Å²) >= 11 is 5.87. The van der Waals surface area contributed by atoms with Crippen molar-refractivity contribution in [2.75, 3.05) is 19.7 Å². The molecule has 1 N–H and O–H groups in total. The van der Waals surface area contributed by atoms with Crippen LogP contribution < -0.4 is 10.1 Å². The Morgan fingerprint density at radius 3 is 2.56 bits per heavy atom. The molecular formula is C24H27ClN4O3. The molecule has 2 aromatic carbocycles. The van der Waals surface area contributed by atoms with Crippen molar-refractivity contribution in [2.24, 2.45) is 0 Å². The van der Waals surface area contributed by atoms with E-state index in [1.54, 1.807) is 24.3 Å². The number of para-hydroxylation sites is 2. The van der Waals surface area contributed by atoms with Gasteiger partial charge >= 0.3 is 0 Å². The smallest absolute Gasteiger partial charge is 0.258 e. The Labute approximate surface area is 192 Å². The number of imidazole rings is 1. The molecule has 168 valence electrons. The van der Waals surface area contributed by atoms with E-state index in [1.807, 2.05) is 40.7 Å². The van der Waals surface area contributed by atoms with Crippen LogP contribution in [0.5, 0.6) is 5.75 Å². The van der Waals surface area contributed by atoms with Gasteiger partial charge in [0.1, 0.15) is 18.1 Å². The summed E-state index contributed by atoms with van der Waals surface area (Å²) < 4.78 is 7.45. The topological polar surface area (TPSA) is 76.5 Å². The Bertz CT molecular complexity index is 1090. The zero-order chi connectivity index (χ0) is 22.5. The van der Waals surface area contributed by atoms with Crippen LogP contribution in [0.4, 0.5) is 0 Å². The van der Waals surface area contributed by atoms with Crippen LogP contribution in [0.25, 0.3) is 11.0 Å². The van der Waals surface area contributed by atoms with Gasteiger partial charge in [0, 0.05) is 18.1 Å². The van der Waals surface area contributed by atoms with Crippen molar-refractivity contribution >= 4 is 34.4 Å². The van der Waals surface area contributed by atoms with Gasteiger partial charge in [0.25, 0.3) is 5.91 Å². The number of amides is 2. The first-order valence-electron chi connectivity index (χ1n) is 10.9. The molecule has 0 saturated carbocycles. The summed E-state index contributed by atoms with van der Waals surface area (Å²) in [6.07, 6.45) is 3.26. The number of hydrogen-bond donors (Lipinski definition) is 1. The third-order valence-electron chi connectivity index (χ3n) is 5.63. The van der Waals surface area contributed by atoms with Crippen LogP contribution in [0.3, 0.4) is 0 Å². The number of nitrogens with one attached hydrogen (secondary N) is 1. The number of fused-ring (bicyclic) bond motifs is 1. The van der Waals surface area contributed by atoms with Crippen LogP contribution in [0, 0.1) is 0 Å². The quantitative estimate of drug-likeness (QED) is 0.586. The lowest BCUT2D eigenvalue weighted by Gasteiger charge is -2.27. The SMILES string of the molecule is CC(NC(=O)COc1ccc(Cl)cc1)c1nc2ccccc2n1CC(=O)N1CCCCC1. The van der Waals surface area contributed by atoms with Gasteiger partial charge in [-0.3, -0.25) is 9.59 Å². The number of rotatable bonds is 7. The number of aromatic nitrogens is 2. The molecule has 7 nitrogen and oxygen atoms in total. The average molecular weight is 455 g/mol. The van der Waals surface area contributed by atoms with Gasteiger partial charge in [0.15, 0.2) is 6.61 Å². The first-order chi connectivity index (χ1) is 15.5. The van der Waals surface area contributed by atoms with Gasteiger partial charge in [0.05, 0.1) is 17.1 Å². The van der Waals surface area contributed by atoms with Crippen LogP contribution in [-0.4, -0.2) is 46.0 Å². The Balaban J connectivity index is 1.47. The number of halogens is 1. The van der Waals surface area contributed by atoms with Crippen molar-refractivity contribution in [3.63, 3.8) is 0 Å². The molecular weight excluding hydrogens is 428 g/mol. The fourth-order valence-electron chi connectivity index (χ4n) is 4.00. The summed E-state index contributed by atoms with van der Waals surface area (Å²) in [5.41, 5.74) is 1.68. The van der Waals surface area contributed by atoms with E-state index in [4.69, 9.17) is 21.3 Å². The minimum Gasteiger partial charge on any atom is -0.484 e. The van der Waals surface area contributed by atoms with Crippen LogP contribution in [0.1, 0.15) is 38.1 Å². The lowest BCUT2D eigenvalue weighted by atomic mass is 10.1. The molecule has 8 heteroatoms. The fourth-order valence-corrected chi connectivity index (χ4v) is 4.12. The van der Waals surface area contributed by atoms with Crippen LogP contribution in [0.15, 0.2) is 48.5 Å². The largest absolute Gasteiger partial charge is 0.484 e. The molecule has 2 amide bonds. The van der Waals surface area contributed by atoms with Gasteiger partial charge in [-0.15, -0.1) is 0 Å². The lowest BCUT2D eigenvalue weighted by molar-refractivity contribution is -0.132. The zero-order valence-corrected chi connectivity index (χ0v) is 18.8. The highest BCUT2D eigenvalue weighted by Crippen LogP contribution is 2.22. The minimum absolute atomic E-state index is 0.0821. The number of carbonyl (C=O) groups is 2. The van der Waals surface area contributed by atoms with Crippen LogP contribution in [0.2, 0.25) is 5.02 Å². The molecule has 32 heavy (non-hydrogen) atoms. The molecule has 1 aliphatic heterocycles. The highest BCUT2D eigenvalue weighted by atomic mass is 35.5. The Morgan fingerprint density at radius 1 is 1.09 bits per heavy atom. The summed E-state index contributed by atoms with van der Waals surface area (Å²) in [6.45, 7) is 3.55. The third kappa shape index (κ3) is 5.22. The molecule has 1 saturated heterocycles. The van der Waals surface area contributed by atoms with Gasteiger partial charge in [-0.25, -0.2) is 4.98 Å². The molecule has 0 aliphatic carbocycles. The van der Waals surface area contributed by atoms with E-state index in [9.17, 15) is 9.59 Å². The number of carbonyl (C=O) groups excluding carboxylic acids is 2. The van der Waals surface area contributed by atoms with E-state index in [1.165, 1.54) is 6.42 Å². The predicted molar refractivity (Wildman–Crippen MR) is 124 cm³/mol. The van der Waals surface area contributed by atoms with E-state index < -0.39 is 6.04 Å². The molecule has 3 aromatic rings. The highest BCUT2D eigenvalue weighted by molar-refractivity contribution is 6.30. The molecule has 0 spiro atoms. The molecule has 1 aromatic heterocycles. The van der Waals surface area contributed by atoms with Gasteiger partial charge < -0.3 is 19.5 Å². The summed E-state index contributed by atoms with van der Waals surface area (Å²) in [4.78, 5) is 32.1. The average Bonchev–Trinajstić information content (AvgIpc) is 3.18. The monoisotopic (exact) mass is 454 g/mol. The fraction of sp³-hybridized carbons (Fsp3) is 0.375. The molecule has 1 unspecified atom stereocenters. The summed E-state index contributed by atoms with van der Waals surface area (Å²) in [5, 5.41) is 3.54. The van der Waals surface area contributed by atoms with Crippen LogP contribution in [-0.2, 0) is 16.1 Å². The van der Waals surface area contributed by atoms with Crippen molar-refractivity contribution in [1.29, 1.82) is 0 Å². The lowest BCUT2D eigenvalue weighted by Crippen LogP contribution is -2.38. The first kappa shape index (κ1) is 22.1. The maximum Gasteiger partial charge on any atom is 0.258 e. The first-order valence-corrected chi connectivity index (χ1v) is 11.3. The number of ether oxygens (including phenoxy) is 1. The summed E-state index contributed by atoms with van der Waals surface area (Å²) in [6, 6.07) is 14.2. The summed E-state index contributed by atoms with van der Waals surface area (Å²) in [5.74, 6) is 1.03. The Morgan fingerprint density at radius 2 is 1.81 bits per heavy atom. The van der Waals surface area contributed by atoms with Crippen LogP contribution >= 0.6 is 11.6 Å². The molecule has 0 bridgehead atoms. The van der Waals surface area contributed by atoms with Crippen molar-refractivity contribution in [2.45, 2.75) is 38.8 Å². The second-order valence-corrected chi connectivity index (χ2v) is 8.45. The van der Waals surface area contributed by atoms with Gasteiger partial charge in [-0.1, -0.05) is 23.7 Å². The second-order valence-electron chi connectivity index (χ2n) is 8.02. The van der Waals surface area contributed by atoms with Gasteiger partial charge in [-0.05, 0) is 62.6 Å². The second kappa shape index (κ2) is 10.0. The molecule has 0 radical (unpaired) electrons. The van der Waals surface area contributed by atoms with Crippen molar-refractivity contribution < 1.29 is 14.3 Å². The number of benzene rings is 2.